The number of rotatable bonds is 4. The van der Waals surface area contributed by atoms with Crippen LogP contribution in [0.15, 0.2) is 34.7 Å². The first kappa shape index (κ1) is 17.1. The average molecular weight is 356 g/mol. The third-order valence-electron chi connectivity index (χ3n) is 5.04. The van der Waals surface area contributed by atoms with Crippen molar-refractivity contribution >= 4 is 11.6 Å². The van der Waals surface area contributed by atoms with Gasteiger partial charge in [0.15, 0.2) is 0 Å². The largest absolute Gasteiger partial charge is 0.488 e. The fourth-order valence-electron chi connectivity index (χ4n) is 3.66. The molecular weight excluding hydrogens is 332 g/mol. The normalized spacial score (nSPS) is 23.4. The third-order valence-corrected chi connectivity index (χ3v) is 5.04. The number of aliphatic hydroxyl groups is 1. The second kappa shape index (κ2) is 7.13. The summed E-state index contributed by atoms with van der Waals surface area (Å²) in [6, 6.07) is 9.65. The molecule has 1 amide bonds. The lowest BCUT2D eigenvalue weighted by Crippen LogP contribution is -2.48. The number of carbonyl (C=O) groups excluding carboxylic acids is 1. The molecule has 4 rings (SSSR count). The second-order valence-corrected chi connectivity index (χ2v) is 7.13. The Bertz CT molecular complexity index is 801. The highest BCUT2D eigenvalue weighted by Gasteiger charge is 2.30. The van der Waals surface area contributed by atoms with Gasteiger partial charge in [0.1, 0.15) is 29.5 Å². The van der Waals surface area contributed by atoms with Crippen molar-refractivity contribution in [3.8, 4) is 5.75 Å². The Labute approximate surface area is 152 Å². The summed E-state index contributed by atoms with van der Waals surface area (Å²) in [5.74, 6) is 2.63. The van der Waals surface area contributed by atoms with E-state index in [1.165, 1.54) is 0 Å². The maximum Gasteiger partial charge on any atom is 0.224 e. The molecule has 0 saturated carbocycles. The number of nitrogens with one attached hydrogen (secondary N) is 1. The maximum atomic E-state index is 11.4. The number of amides is 1. The van der Waals surface area contributed by atoms with E-state index in [-0.39, 0.29) is 12.0 Å². The summed E-state index contributed by atoms with van der Waals surface area (Å²) in [5, 5.41) is 13.4. The van der Waals surface area contributed by atoms with E-state index in [4.69, 9.17) is 9.15 Å². The van der Waals surface area contributed by atoms with Gasteiger partial charge in [-0.1, -0.05) is 0 Å². The fraction of sp³-hybridized carbons (Fsp3) is 0.450. The molecule has 6 heteroatoms. The zero-order chi connectivity index (χ0) is 18.1. The first-order chi connectivity index (χ1) is 12.6. The highest BCUT2D eigenvalue weighted by Crippen LogP contribution is 2.28. The van der Waals surface area contributed by atoms with Crippen LogP contribution >= 0.6 is 0 Å². The summed E-state index contributed by atoms with van der Waals surface area (Å²) >= 11 is 0. The van der Waals surface area contributed by atoms with Gasteiger partial charge in [0, 0.05) is 25.2 Å². The second-order valence-electron chi connectivity index (χ2n) is 7.13. The molecule has 2 aliphatic rings. The molecule has 3 heterocycles. The number of nitrogens with zero attached hydrogens (tertiary/aromatic N) is 1. The summed E-state index contributed by atoms with van der Waals surface area (Å²) in [7, 11) is 0. The predicted octanol–water partition coefficient (Wildman–Crippen LogP) is 2.49. The monoisotopic (exact) mass is 356 g/mol. The Kier molecular flexibility index (Phi) is 4.70. The van der Waals surface area contributed by atoms with Gasteiger partial charge < -0.3 is 19.6 Å². The van der Waals surface area contributed by atoms with Crippen LogP contribution in [0.1, 0.15) is 29.9 Å². The number of piperidine rings is 1. The average Bonchev–Trinajstić information content (AvgIpc) is 3.02. The van der Waals surface area contributed by atoms with Gasteiger partial charge in [-0.15, -0.1) is 0 Å². The van der Waals surface area contributed by atoms with Crippen LogP contribution in [0, 0.1) is 6.92 Å². The van der Waals surface area contributed by atoms with Crippen LogP contribution in [0.25, 0.3) is 0 Å². The molecule has 0 unspecified atom stereocenters. The lowest BCUT2D eigenvalue weighted by Gasteiger charge is -2.35. The number of likely N-dealkylation sites (tertiary alicyclic amines) is 1. The predicted molar refractivity (Wildman–Crippen MR) is 97.2 cm³/mol. The zero-order valence-corrected chi connectivity index (χ0v) is 14.9. The van der Waals surface area contributed by atoms with Gasteiger partial charge in [0.05, 0.1) is 6.54 Å². The number of aliphatic hydroxyl groups excluding tert-OH is 1. The van der Waals surface area contributed by atoms with Crippen LogP contribution in [0.2, 0.25) is 0 Å². The smallest absolute Gasteiger partial charge is 0.224 e. The number of carbonyl (C=O) groups is 1. The van der Waals surface area contributed by atoms with E-state index in [1.807, 2.05) is 37.3 Å². The number of β-amino-alcohol motifs (C(OH)–C–C–N with tert-alkyl or cyclic N) is 1. The SMILES string of the molecule is Cc1ccc(CN2CC[C@@H](Oc3ccc4c(c3)CCC(=O)N4)[C@H](O)C2)o1. The summed E-state index contributed by atoms with van der Waals surface area (Å²) in [6.07, 6.45) is 1.22. The Hall–Kier alpha value is -2.31. The number of hydrogen-bond donors (Lipinski definition) is 2. The van der Waals surface area contributed by atoms with Gasteiger partial charge in [-0.25, -0.2) is 0 Å². The number of anilines is 1. The number of aryl methyl sites for hydroxylation is 2. The molecule has 1 aromatic heterocycles. The van der Waals surface area contributed by atoms with Crippen LogP contribution in [0.3, 0.4) is 0 Å². The van der Waals surface area contributed by atoms with Crippen LogP contribution < -0.4 is 10.1 Å². The summed E-state index contributed by atoms with van der Waals surface area (Å²) < 4.78 is 11.7. The summed E-state index contributed by atoms with van der Waals surface area (Å²) in [6.45, 7) is 4.05. The lowest BCUT2D eigenvalue weighted by molar-refractivity contribution is -0.116. The summed E-state index contributed by atoms with van der Waals surface area (Å²) in [4.78, 5) is 13.6. The van der Waals surface area contributed by atoms with E-state index in [2.05, 4.69) is 10.2 Å². The molecule has 0 bridgehead atoms. The van der Waals surface area contributed by atoms with Crippen LogP contribution in [-0.2, 0) is 17.8 Å². The minimum absolute atomic E-state index is 0.0562. The van der Waals surface area contributed by atoms with E-state index >= 15 is 0 Å². The van der Waals surface area contributed by atoms with Gasteiger partial charge >= 0.3 is 0 Å². The van der Waals surface area contributed by atoms with Crippen molar-refractivity contribution in [1.29, 1.82) is 0 Å². The Balaban J connectivity index is 1.35. The van der Waals surface area contributed by atoms with Crippen molar-refractivity contribution in [2.24, 2.45) is 0 Å². The molecule has 1 saturated heterocycles. The molecule has 138 valence electrons. The molecular formula is C20H24N2O4. The molecule has 2 N–H and O–H groups in total. The quantitative estimate of drug-likeness (QED) is 0.880. The molecule has 6 nitrogen and oxygen atoms in total. The van der Waals surface area contributed by atoms with Crippen LogP contribution in [0.5, 0.6) is 5.75 Å². The number of fused-ring (bicyclic) bond motifs is 1. The maximum absolute atomic E-state index is 11.4. The van der Waals surface area contributed by atoms with E-state index in [1.54, 1.807) is 0 Å². The number of furan rings is 1. The van der Waals surface area contributed by atoms with Crippen LogP contribution in [-0.4, -0.2) is 41.2 Å². The highest BCUT2D eigenvalue weighted by molar-refractivity contribution is 5.93. The van der Waals surface area contributed by atoms with Gasteiger partial charge in [-0.05, 0) is 55.7 Å². The van der Waals surface area contributed by atoms with Gasteiger partial charge in [-0.3, -0.25) is 9.69 Å². The highest BCUT2D eigenvalue weighted by atomic mass is 16.5. The van der Waals surface area contributed by atoms with Crippen molar-refractivity contribution in [3.05, 3.63) is 47.4 Å². The Morgan fingerprint density at radius 3 is 2.96 bits per heavy atom. The zero-order valence-electron chi connectivity index (χ0n) is 14.9. The topological polar surface area (TPSA) is 74.9 Å². The van der Waals surface area contributed by atoms with E-state index in [0.717, 1.165) is 47.9 Å². The van der Waals surface area contributed by atoms with Crippen molar-refractivity contribution in [2.75, 3.05) is 18.4 Å². The molecule has 0 radical (unpaired) electrons. The number of benzene rings is 1. The third kappa shape index (κ3) is 3.76. The van der Waals surface area contributed by atoms with Crippen molar-refractivity contribution in [1.82, 2.24) is 4.90 Å². The van der Waals surface area contributed by atoms with E-state index in [9.17, 15) is 9.90 Å². The Morgan fingerprint density at radius 2 is 2.19 bits per heavy atom. The van der Waals surface area contributed by atoms with Gasteiger partial charge in [0.25, 0.3) is 0 Å². The first-order valence-corrected chi connectivity index (χ1v) is 9.12. The minimum atomic E-state index is -0.546. The summed E-state index contributed by atoms with van der Waals surface area (Å²) in [5.41, 5.74) is 1.94. The first-order valence-electron chi connectivity index (χ1n) is 9.12. The number of ether oxygens (including phenoxy) is 1. The van der Waals surface area contributed by atoms with E-state index in [0.29, 0.717) is 19.5 Å². The van der Waals surface area contributed by atoms with Crippen LogP contribution in [0.4, 0.5) is 5.69 Å². The van der Waals surface area contributed by atoms with Gasteiger partial charge in [-0.2, -0.15) is 0 Å². The number of hydrogen-bond acceptors (Lipinski definition) is 5. The fourth-order valence-corrected chi connectivity index (χ4v) is 3.66. The van der Waals surface area contributed by atoms with Crippen molar-refractivity contribution < 1.29 is 19.1 Å². The molecule has 1 aromatic carbocycles. The molecule has 2 aromatic rings. The molecule has 26 heavy (non-hydrogen) atoms. The Morgan fingerprint density at radius 1 is 1.31 bits per heavy atom. The molecule has 1 fully saturated rings. The van der Waals surface area contributed by atoms with E-state index < -0.39 is 6.10 Å². The standard InChI is InChI=1S/C20H24N2O4/c1-13-2-4-16(25-13)11-22-9-8-19(18(23)12-22)26-15-5-6-17-14(10-15)3-7-20(24)21-17/h2,4-6,10,18-19,23H,3,7-9,11-12H2,1H3,(H,21,24)/t18-,19-/m1/s1. The molecule has 0 spiro atoms. The van der Waals surface area contributed by atoms with Crippen molar-refractivity contribution in [3.63, 3.8) is 0 Å². The van der Waals surface area contributed by atoms with Crippen molar-refractivity contribution in [2.45, 2.75) is 44.9 Å². The molecule has 2 atom stereocenters. The molecule has 2 aliphatic heterocycles. The van der Waals surface area contributed by atoms with Gasteiger partial charge in [0.2, 0.25) is 5.91 Å². The molecule has 0 aliphatic carbocycles. The lowest BCUT2D eigenvalue weighted by atomic mass is 10.0. The minimum Gasteiger partial charge on any atom is -0.488 e.